The van der Waals surface area contributed by atoms with Gasteiger partial charge in [0.15, 0.2) is 17.3 Å². The van der Waals surface area contributed by atoms with E-state index in [9.17, 15) is 13.2 Å². The molecule has 1 fully saturated rings. The Bertz CT molecular complexity index is 1670. The number of pyridine rings is 1. The molecule has 1 saturated carbocycles. The Hall–Kier alpha value is -4.04. The van der Waals surface area contributed by atoms with Crippen molar-refractivity contribution in [2.75, 3.05) is 12.4 Å². The van der Waals surface area contributed by atoms with Crippen molar-refractivity contribution < 1.29 is 13.2 Å². The maximum atomic E-state index is 13.5. The smallest absolute Gasteiger partial charge is 0.294 e. The van der Waals surface area contributed by atoms with Crippen molar-refractivity contribution in [3.8, 4) is 17.3 Å². The second-order valence-corrected chi connectivity index (χ2v) is 11.0. The van der Waals surface area contributed by atoms with Crippen LogP contribution >= 0.6 is 0 Å². The number of hydrogen-bond donors (Lipinski definition) is 2. The molecule has 0 unspecified atom stereocenters. The number of hydrogen-bond acceptors (Lipinski definition) is 11. The lowest BCUT2D eigenvalue weighted by molar-refractivity contribution is 0.397. The van der Waals surface area contributed by atoms with Gasteiger partial charge in [-0.2, -0.15) is 0 Å². The molecule has 1 aliphatic rings. The summed E-state index contributed by atoms with van der Waals surface area (Å²) < 4.78 is 30.0. The van der Waals surface area contributed by atoms with Gasteiger partial charge in [0.25, 0.3) is 5.56 Å². The van der Waals surface area contributed by atoms with Crippen molar-refractivity contribution in [1.82, 2.24) is 34.5 Å². The lowest BCUT2D eigenvalue weighted by atomic mass is 10.1. The Labute approximate surface area is 218 Å². The summed E-state index contributed by atoms with van der Waals surface area (Å²) in [6.45, 7) is 4.55. The van der Waals surface area contributed by atoms with Crippen LogP contribution in [0.15, 0.2) is 40.5 Å². The van der Waals surface area contributed by atoms with E-state index in [2.05, 4.69) is 30.2 Å². The Morgan fingerprint density at radius 3 is 2.55 bits per heavy atom. The molecular weight excluding hydrogens is 510 g/mol. The van der Waals surface area contributed by atoms with Gasteiger partial charge in [0, 0.05) is 18.7 Å². The van der Waals surface area contributed by atoms with E-state index < -0.39 is 10.0 Å². The van der Waals surface area contributed by atoms with Gasteiger partial charge in [0.2, 0.25) is 15.9 Å². The second kappa shape index (κ2) is 10.0. The highest BCUT2D eigenvalue weighted by Gasteiger charge is 2.31. The highest BCUT2D eigenvalue weighted by Crippen LogP contribution is 2.44. The highest BCUT2D eigenvalue weighted by atomic mass is 32.2. The molecule has 38 heavy (non-hydrogen) atoms. The summed E-state index contributed by atoms with van der Waals surface area (Å²) in [5, 5.41) is 8.13. The van der Waals surface area contributed by atoms with Gasteiger partial charge < -0.3 is 10.1 Å². The average Bonchev–Trinajstić information content (AvgIpc) is 3.74. The molecule has 14 heteroatoms. The van der Waals surface area contributed by atoms with E-state index in [0.29, 0.717) is 46.6 Å². The lowest BCUT2D eigenvalue weighted by Crippen LogP contribution is -2.28. The molecule has 0 aliphatic heterocycles. The first kappa shape index (κ1) is 25.6. The quantitative estimate of drug-likeness (QED) is 0.318. The number of ether oxygens (including phenoxy) is 1. The van der Waals surface area contributed by atoms with Crippen LogP contribution in [0.1, 0.15) is 44.0 Å². The van der Waals surface area contributed by atoms with Crippen LogP contribution < -0.4 is 20.8 Å². The Morgan fingerprint density at radius 2 is 1.92 bits per heavy atom. The molecule has 4 aromatic heterocycles. The first-order chi connectivity index (χ1) is 18.2. The van der Waals surface area contributed by atoms with Crippen molar-refractivity contribution in [2.45, 2.75) is 50.6 Å². The molecule has 0 radical (unpaired) electrons. The molecular formula is C24H27N9O4S. The number of primary sulfonamides is 1. The van der Waals surface area contributed by atoms with Crippen molar-refractivity contribution in [3.63, 3.8) is 0 Å². The molecule has 0 spiro atoms. The largest absolute Gasteiger partial charge is 0.480 e. The number of anilines is 1. The van der Waals surface area contributed by atoms with Gasteiger partial charge in [-0.3, -0.25) is 14.3 Å². The fourth-order valence-electron chi connectivity index (χ4n) is 4.08. The minimum atomic E-state index is -3.85. The van der Waals surface area contributed by atoms with E-state index in [1.165, 1.54) is 31.8 Å². The molecule has 0 atom stereocenters. The van der Waals surface area contributed by atoms with Crippen LogP contribution in [0, 0.1) is 5.92 Å². The Balaban J connectivity index is 1.55. The van der Waals surface area contributed by atoms with Crippen LogP contribution in [-0.2, 0) is 23.1 Å². The third-order valence-corrected chi connectivity index (χ3v) is 6.92. The first-order valence-electron chi connectivity index (χ1n) is 12.0. The topological polar surface area (TPSA) is 181 Å². The van der Waals surface area contributed by atoms with Crippen LogP contribution in [-0.4, -0.2) is 50.0 Å². The standard InChI is InChI=1S/C24H27N9O4S/c1-13(2)11-33-22-17(10-28-20(32-22)18-19(14-4-5-14)29-12-30-23(18)37-3)31-21(24(33)34)27-8-15-6-7-16(9-26-15)38(25,35)36/h6-7,9-10,12-14H,4-5,8,11H2,1-3H3,(H,27,31)(H2,25,35,36). The monoisotopic (exact) mass is 537 g/mol. The van der Waals surface area contributed by atoms with E-state index in [1.807, 2.05) is 13.8 Å². The third-order valence-electron chi connectivity index (χ3n) is 6.02. The fourth-order valence-corrected chi connectivity index (χ4v) is 4.54. The molecule has 4 heterocycles. The third kappa shape index (κ3) is 5.17. The number of methoxy groups -OCH3 is 1. The van der Waals surface area contributed by atoms with Gasteiger partial charge in [-0.15, -0.1) is 0 Å². The van der Waals surface area contributed by atoms with Gasteiger partial charge in [-0.05, 0) is 30.9 Å². The Morgan fingerprint density at radius 1 is 1.13 bits per heavy atom. The zero-order chi connectivity index (χ0) is 27.0. The van der Waals surface area contributed by atoms with Gasteiger partial charge >= 0.3 is 0 Å². The molecule has 0 amide bonds. The zero-order valence-corrected chi connectivity index (χ0v) is 21.9. The minimum absolute atomic E-state index is 0.0948. The van der Waals surface area contributed by atoms with E-state index in [-0.39, 0.29) is 28.7 Å². The Kier molecular flexibility index (Phi) is 6.75. The molecule has 4 aromatic rings. The highest BCUT2D eigenvalue weighted by molar-refractivity contribution is 7.89. The number of nitrogens with zero attached hydrogens (tertiary/aromatic N) is 7. The molecule has 3 N–H and O–H groups in total. The first-order valence-corrected chi connectivity index (χ1v) is 13.6. The van der Waals surface area contributed by atoms with Crippen molar-refractivity contribution >= 4 is 27.0 Å². The van der Waals surface area contributed by atoms with Gasteiger partial charge in [-0.25, -0.2) is 38.5 Å². The molecule has 13 nitrogen and oxygen atoms in total. The summed E-state index contributed by atoms with van der Waals surface area (Å²) in [6.07, 6.45) is 6.26. The summed E-state index contributed by atoms with van der Waals surface area (Å²) in [5.41, 5.74) is 2.43. The predicted molar refractivity (Wildman–Crippen MR) is 139 cm³/mol. The van der Waals surface area contributed by atoms with Crippen molar-refractivity contribution in [1.29, 1.82) is 0 Å². The molecule has 5 rings (SSSR count). The van der Waals surface area contributed by atoms with Crippen LogP contribution in [0.4, 0.5) is 5.82 Å². The van der Waals surface area contributed by atoms with E-state index in [4.69, 9.17) is 14.9 Å². The van der Waals surface area contributed by atoms with Gasteiger partial charge in [-0.1, -0.05) is 13.8 Å². The maximum Gasteiger partial charge on any atom is 0.294 e. The van der Waals surface area contributed by atoms with Gasteiger partial charge in [0.05, 0.1) is 31.2 Å². The van der Waals surface area contributed by atoms with Crippen LogP contribution in [0.2, 0.25) is 0 Å². The van der Waals surface area contributed by atoms with Crippen LogP contribution in [0.5, 0.6) is 5.88 Å². The molecule has 0 bridgehead atoms. The summed E-state index contributed by atoms with van der Waals surface area (Å²) in [4.78, 5) is 40.0. The number of rotatable bonds is 9. The molecule has 0 aromatic carbocycles. The van der Waals surface area contributed by atoms with E-state index in [1.54, 1.807) is 10.8 Å². The summed E-state index contributed by atoms with van der Waals surface area (Å²) in [5.74, 6) is 1.30. The average molecular weight is 538 g/mol. The van der Waals surface area contributed by atoms with Crippen LogP contribution in [0.3, 0.4) is 0 Å². The SMILES string of the molecule is COc1ncnc(C2CC2)c1-c1ncc2nc(NCc3ccc(S(N)(=O)=O)cn3)c(=O)n(CC(C)C)c2n1. The fraction of sp³-hybridized carbons (Fsp3) is 0.375. The minimum Gasteiger partial charge on any atom is -0.480 e. The summed E-state index contributed by atoms with van der Waals surface area (Å²) in [6, 6.07) is 2.87. The van der Waals surface area contributed by atoms with Gasteiger partial charge in [0.1, 0.15) is 22.3 Å². The zero-order valence-electron chi connectivity index (χ0n) is 21.1. The summed E-state index contributed by atoms with van der Waals surface area (Å²) >= 11 is 0. The molecule has 1 aliphatic carbocycles. The number of sulfonamides is 1. The lowest BCUT2D eigenvalue weighted by Gasteiger charge is -2.15. The molecule has 0 saturated heterocycles. The number of nitrogens with two attached hydrogens (primary N) is 1. The second-order valence-electron chi connectivity index (χ2n) is 9.47. The number of nitrogens with one attached hydrogen (secondary N) is 1. The number of fused-ring (bicyclic) bond motifs is 1. The predicted octanol–water partition coefficient (Wildman–Crippen LogP) is 1.84. The van der Waals surface area contributed by atoms with Crippen molar-refractivity contribution in [3.05, 3.63) is 52.6 Å². The van der Waals surface area contributed by atoms with Crippen molar-refractivity contribution in [2.24, 2.45) is 11.1 Å². The molecule has 198 valence electrons. The van der Waals surface area contributed by atoms with E-state index >= 15 is 0 Å². The number of aromatic nitrogens is 7. The van der Waals surface area contributed by atoms with Crippen LogP contribution in [0.25, 0.3) is 22.6 Å². The maximum absolute atomic E-state index is 13.5. The van der Waals surface area contributed by atoms with E-state index in [0.717, 1.165) is 18.5 Å². The normalized spacial score (nSPS) is 13.7. The summed E-state index contributed by atoms with van der Waals surface area (Å²) in [7, 11) is -2.31.